The molecule has 6 N–H and O–H groups in total. The first-order valence-electron chi connectivity index (χ1n) is 16.0. The van der Waals surface area contributed by atoms with Crippen LogP contribution in [0.4, 0.5) is 0 Å². The summed E-state index contributed by atoms with van der Waals surface area (Å²) < 4.78 is 5.13. The number of carbonyl (C=O) groups excluding carboxylic acids is 4. The summed E-state index contributed by atoms with van der Waals surface area (Å²) in [6, 6.07) is 17.8. The van der Waals surface area contributed by atoms with Crippen molar-refractivity contribution in [3.63, 3.8) is 0 Å². The molecule has 4 amide bonds. The topological polar surface area (TPSA) is 179 Å². The van der Waals surface area contributed by atoms with E-state index in [4.69, 9.17) is 27.9 Å². The van der Waals surface area contributed by atoms with Gasteiger partial charge in [-0.2, -0.15) is 0 Å². The molecule has 0 bridgehead atoms. The van der Waals surface area contributed by atoms with Gasteiger partial charge in [-0.25, -0.2) is 0 Å². The largest absolute Gasteiger partial charge is 0.497 e. The summed E-state index contributed by atoms with van der Waals surface area (Å²) in [4.78, 5) is 66.5. The Balaban J connectivity index is 1.32. The zero-order valence-electron chi connectivity index (χ0n) is 27.4. The molecule has 0 fully saturated rings. The number of carbonyl (C=O) groups is 5. The number of fused-ring (bicyclic) bond motifs is 1. The number of hydrogen-bond acceptors (Lipinski definition) is 6. The minimum absolute atomic E-state index is 0.179. The molecule has 0 unspecified atom stereocenters. The van der Waals surface area contributed by atoms with Crippen LogP contribution in [0.3, 0.4) is 0 Å². The predicted molar refractivity (Wildman–Crippen MR) is 190 cm³/mol. The van der Waals surface area contributed by atoms with Gasteiger partial charge in [-0.3, -0.25) is 24.0 Å². The molecule has 0 saturated heterocycles. The number of benzene rings is 3. The third-order valence-electron chi connectivity index (χ3n) is 7.93. The highest BCUT2D eigenvalue weighted by molar-refractivity contribution is 6.42. The van der Waals surface area contributed by atoms with Gasteiger partial charge in [-0.1, -0.05) is 59.6 Å². The smallest absolute Gasteiger partial charge is 0.305 e. The molecule has 0 aliphatic carbocycles. The van der Waals surface area contributed by atoms with E-state index in [0.717, 1.165) is 27.6 Å². The molecule has 1 aromatic heterocycles. The van der Waals surface area contributed by atoms with Gasteiger partial charge in [0.25, 0.3) is 0 Å². The van der Waals surface area contributed by atoms with Crippen molar-refractivity contribution in [2.24, 2.45) is 0 Å². The molecule has 0 aliphatic heterocycles. The molecule has 50 heavy (non-hydrogen) atoms. The lowest BCUT2D eigenvalue weighted by molar-refractivity contribution is -0.140. The van der Waals surface area contributed by atoms with E-state index >= 15 is 0 Å². The van der Waals surface area contributed by atoms with Crippen LogP contribution in [0, 0.1) is 0 Å². The average molecular weight is 725 g/mol. The third kappa shape index (κ3) is 11.5. The summed E-state index contributed by atoms with van der Waals surface area (Å²) in [5, 5.41) is 21.7. The van der Waals surface area contributed by atoms with Crippen LogP contribution in [0.2, 0.25) is 10.0 Å². The summed E-state index contributed by atoms with van der Waals surface area (Å²) >= 11 is 12.1. The van der Waals surface area contributed by atoms with Crippen LogP contribution in [-0.4, -0.2) is 72.0 Å². The Morgan fingerprint density at radius 2 is 1.38 bits per heavy atom. The lowest BCUT2D eigenvalue weighted by atomic mass is 10.0. The molecule has 3 aromatic carbocycles. The maximum Gasteiger partial charge on any atom is 0.305 e. The minimum atomic E-state index is -1.34. The van der Waals surface area contributed by atoms with Crippen molar-refractivity contribution < 1.29 is 33.8 Å². The first-order valence-corrected chi connectivity index (χ1v) is 16.8. The Hall–Kier alpha value is -5.07. The molecule has 0 radical (unpaired) electrons. The van der Waals surface area contributed by atoms with E-state index in [2.05, 4.69) is 26.3 Å². The molecule has 4 aromatic rings. The number of aromatic nitrogens is 1. The Morgan fingerprint density at radius 3 is 2.02 bits per heavy atom. The highest BCUT2D eigenvalue weighted by atomic mass is 35.5. The van der Waals surface area contributed by atoms with Crippen molar-refractivity contribution in [3.05, 3.63) is 99.7 Å². The number of aliphatic carboxylic acids is 1. The van der Waals surface area contributed by atoms with E-state index in [-0.39, 0.29) is 32.4 Å². The van der Waals surface area contributed by atoms with Crippen LogP contribution >= 0.6 is 23.2 Å². The van der Waals surface area contributed by atoms with E-state index < -0.39 is 48.1 Å². The number of ether oxygens (including phenoxy) is 1. The van der Waals surface area contributed by atoms with E-state index in [1.165, 1.54) is 0 Å². The van der Waals surface area contributed by atoms with Gasteiger partial charge in [0.15, 0.2) is 0 Å². The van der Waals surface area contributed by atoms with Gasteiger partial charge in [-0.15, -0.1) is 0 Å². The fourth-order valence-corrected chi connectivity index (χ4v) is 5.59. The number of para-hydroxylation sites is 1. The van der Waals surface area contributed by atoms with Crippen molar-refractivity contribution in [1.82, 2.24) is 26.3 Å². The third-order valence-corrected chi connectivity index (χ3v) is 8.67. The second kappa shape index (κ2) is 18.6. The molecule has 4 rings (SSSR count). The monoisotopic (exact) mass is 723 g/mol. The molecule has 1 heterocycles. The van der Waals surface area contributed by atoms with E-state index in [9.17, 15) is 29.1 Å². The SMILES string of the molecule is COc1ccc(CCNC(=O)[C@H](CC(=O)O)NC(=O)CCC(=O)N[C@@H](Cc2c[nH]c3ccccc23)C(=O)NCCc2ccc(Cl)c(Cl)c2)cc1. The predicted octanol–water partition coefficient (Wildman–Crippen LogP) is 3.97. The van der Waals surface area contributed by atoms with Crippen LogP contribution in [-0.2, 0) is 43.2 Å². The Bertz CT molecular complexity index is 1810. The van der Waals surface area contributed by atoms with Gasteiger partial charge in [0.1, 0.15) is 17.8 Å². The van der Waals surface area contributed by atoms with Crippen molar-refractivity contribution in [3.8, 4) is 5.75 Å². The summed E-state index contributed by atoms with van der Waals surface area (Å²) in [5.41, 5.74) is 3.50. The number of H-pyrrole nitrogens is 1. The summed E-state index contributed by atoms with van der Waals surface area (Å²) in [6.45, 7) is 0.486. The van der Waals surface area contributed by atoms with Crippen LogP contribution < -0.4 is 26.0 Å². The highest BCUT2D eigenvalue weighted by Gasteiger charge is 2.25. The number of amides is 4. The lowest BCUT2D eigenvalue weighted by Gasteiger charge is -2.19. The van der Waals surface area contributed by atoms with Gasteiger partial charge < -0.3 is 36.1 Å². The van der Waals surface area contributed by atoms with E-state index in [0.29, 0.717) is 28.6 Å². The maximum atomic E-state index is 13.4. The summed E-state index contributed by atoms with van der Waals surface area (Å²) in [5.74, 6) is -2.90. The van der Waals surface area contributed by atoms with Crippen LogP contribution in [0.25, 0.3) is 10.9 Å². The van der Waals surface area contributed by atoms with Crippen molar-refractivity contribution in [2.45, 2.75) is 50.6 Å². The standard InChI is InChI=1S/C36H39Cl2N5O7/c1-50-25-9-6-22(7-10-25)14-16-39-36(49)31(20-34(46)47)43-33(45)13-12-32(44)42-30(19-24-21-41-29-5-3-2-4-26(24)29)35(48)40-17-15-23-8-11-27(37)28(38)18-23/h2-11,18,21,30-31,41H,12-17,19-20H2,1H3,(H,39,49)(H,40,48)(H,42,44)(H,43,45)(H,46,47)/t30-,31-/m0/s1. The molecule has 14 heteroatoms. The van der Waals surface area contributed by atoms with Gasteiger partial charge in [0.05, 0.1) is 23.6 Å². The highest BCUT2D eigenvalue weighted by Crippen LogP contribution is 2.23. The normalized spacial score (nSPS) is 12.1. The Kier molecular flexibility index (Phi) is 14.1. The molecule has 0 aliphatic rings. The Labute approximate surface area is 299 Å². The molecule has 0 spiro atoms. The van der Waals surface area contributed by atoms with Crippen LogP contribution in [0.15, 0.2) is 72.9 Å². The average Bonchev–Trinajstić information content (AvgIpc) is 3.51. The number of halogens is 2. The number of aromatic amines is 1. The number of methoxy groups -OCH3 is 1. The van der Waals surface area contributed by atoms with Crippen molar-refractivity contribution in [1.29, 1.82) is 0 Å². The minimum Gasteiger partial charge on any atom is -0.497 e. The fraction of sp³-hybridized carbons (Fsp3) is 0.306. The maximum absolute atomic E-state index is 13.4. The molecule has 12 nitrogen and oxygen atoms in total. The zero-order valence-corrected chi connectivity index (χ0v) is 28.9. The van der Waals surface area contributed by atoms with Crippen molar-refractivity contribution >= 4 is 63.7 Å². The van der Waals surface area contributed by atoms with E-state index in [1.54, 1.807) is 37.6 Å². The molecule has 0 saturated carbocycles. The molecular weight excluding hydrogens is 685 g/mol. The number of rotatable bonds is 18. The quantitative estimate of drug-likeness (QED) is 0.0899. The van der Waals surface area contributed by atoms with Gasteiger partial charge in [-0.05, 0) is 59.9 Å². The van der Waals surface area contributed by atoms with Crippen LogP contribution in [0.5, 0.6) is 5.75 Å². The van der Waals surface area contributed by atoms with E-state index in [1.807, 2.05) is 42.5 Å². The number of hydrogen-bond donors (Lipinski definition) is 6. The molecule has 264 valence electrons. The lowest BCUT2D eigenvalue weighted by Crippen LogP contribution is -2.49. The first-order chi connectivity index (χ1) is 24.0. The number of carboxylic acid groups (broad SMARTS) is 1. The van der Waals surface area contributed by atoms with Crippen LogP contribution in [0.1, 0.15) is 36.0 Å². The second-order valence-corrected chi connectivity index (χ2v) is 12.4. The zero-order chi connectivity index (χ0) is 36.0. The molecular formula is C36H39Cl2N5O7. The van der Waals surface area contributed by atoms with Gasteiger partial charge in [0, 0.05) is 49.5 Å². The Morgan fingerprint density at radius 1 is 0.780 bits per heavy atom. The number of carboxylic acids is 1. The van der Waals surface area contributed by atoms with Gasteiger partial charge in [0.2, 0.25) is 23.6 Å². The number of nitrogens with one attached hydrogen (secondary N) is 5. The summed E-state index contributed by atoms with van der Waals surface area (Å²) in [6.07, 6.45) is 1.64. The second-order valence-electron chi connectivity index (χ2n) is 11.6. The van der Waals surface area contributed by atoms with Gasteiger partial charge >= 0.3 is 5.97 Å². The van der Waals surface area contributed by atoms with Crippen molar-refractivity contribution in [2.75, 3.05) is 20.2 Å². The summed E-state index contributed by atoms with van der Waals surface area (Å²) in [7, 11) is 1.56. The first kappa shape index (κ1) is 37.7. The molecule has 2 atom stereocenters. The fourth-order valence-electron chi connectivity index (χ4n) is 5.27.